The van der Waals surface area contributed by atoms with Crippen LogP contribution in [0.3, 0.4) is 0 Å². The summed E-state index contributed by atoms with van der Waals surface area (Å²) < 4.78 is 46.7. The van der Waals surface area contributed by atoms with Gasteiger partial charge in [-0.3, -0.25) is 9.59 Å². The number of alkyl halides is 3. The summed E-state index contributed by atoms with van der Waals surface area (Å²) >= 11 is 0. The minimum Gasteiger partial charge on any atom is -0.473 e. The maximum Gasteiger partial charge on any atom is 0.432 e. The monoisotopic (exact) mass is 391 g/mol. The average Bonchev–Trinajstić information content (AvgIpc) is 2.65. The molecule has 1 amide bonds. The van der Waals surface area contributed by atoms with E-state index in [1.165, 1.54) is 48.3 Å². The van der Waals surface area contributed by atoms with E-state index in [0.29, 0.717) is 12.0 Å². The molecular weight excluding hydrogens is 371 g/mol. The number of hydrogen-bond acceptors (Lipinski definition) is 3. The van der Waals surface area contributed by atoms with Crippen LogP contribution in [0.15, 0.2) is 60.7 Å². The number of aryl methyl sites for hydroxylation is 1. The number of halogens is 3. The molecule has 0 heterocycles. The van der Waals surface area contributed by atoms with Crippen LogP contribution in [0, 0.1) is 6.92 Å². The zero-order valence-electron chi connectivity index (χ0n) is 15.7. The molecule has 148 valence electrons. The Morgan fingerprint density at radius 1 is 1.04 bits per heavy atom. The molecule has 0 saturated carbocycles. The number of anilines is 1. The van der Waals surface area contributed by atoms with Gasteiger partial charge in [0.15, 0.2) is 0 Å². The summed E-state index contributed by atoms with van der Waals surface area (Å²) in [7, 11) is 1.49. The molecule has 28 heavy (non-hydrogen) atoms. The summed E-state index contributed by atoms with van der Waals surface area (Å²) in [5.41, 5.74) is -1.26. The van der Waals surface area contributed by atoms with Crippen LogP contribution < -0.4 is 9.64 Å². The minimum absolute atomic E-state index is 0.00781. The number of hydrogen-bond donors (Lipinski definition) is 0. The summed E-state index contributed by atoms with van der Waals surface area (Å²) in [5, 5.41) is 0. The van der Waals surface area contributed by atoms with Crippen molar-refractivity contribution >= 4 is 17.9 Å². The fraction of sp³-hybridized carbons (Fsp3) is 0.238. The van der Waals surface area contributed by atoms with Crippen LogP contribution in [-0.2, 0) is 15.2 Å². The molecule has 2 rings (SSSR count). The van der Waals surface area contributed by atoms with Crippen molar-refractivity contribution in [3.8, 4) is 5.75 Å². The van der Waals surface area contributed by atoms with Crippen LogP contribution in [0.2, 0.25) is 0 Å². The molecule has 0 aliphatic rings. The number of amides is 1. The highest BCUT2D eigenvalue weighted by Gasteiger charge is 2.55. The quantitative estimate of drug-likeness (QED) is 0.535. The van der Waals surface area contributed by atoms with E-state index < -0.39 is 17.7 Å². The Bertz CT molecular complexity index is 858. The average molecular weight is 391 g/mol. The molecule has 0 aromatic heterocycles. The van der Waals surface area contributed by atoms with Crippen molar-refractivity contribution in [3.05, 3.63) is 71.8 Å². The zero-order valence-corrected chi connectivity index (χ0v) is 15.7. The Balaban J connectivity index is 2.28. The van der Waals surface area contributed by atoms with Gasteiger partial charge in [0.05, 0.1) is 0 Å². The fourth-order valence-corrected chi connectivity index (χ4v) is 2.49. The summed E-state index contributed by atoms with van der Waals surface area (Å²) in [6.07, 6.45) is -2.01. The van der Waals surface area contributed by atoms with Crippen molar-refractivity contribution < 1.29 is 27.5 Å². The lowest BCUT2D eigenvalue weighted by Gasteiger charge is -2.33. The first kappa shape index (κ1) is 21.2. The van der Waals surface area contributed by atoms with E-state index in [1.807, 2.05) is 0 Å². The zero-order chi connectivity index (χ0) is 20.9. The molecule has 0 radical (unpaired) electrons. The summed E-state index contributed by atoms with van der Waals surface area (Å²) in [6, 6.07) is 11.6. The predicted molar refractivity (Wildman–Crippen MR) is 100 cm³/mol. The SMILES string of the molecule is Cc1ccc(C(C)(Oc2ccc(N(C)C(=O)/C=C\C=O)cc2)C(F)(F)F)cc1. The van der Waals surface area contributed by atoms with Gasteiger partial charge in [0.2, 0.25) is 5.60 Å². The largest absolute Gasteiger partial charge is 0.473 e. The van der Waals surface area contributed by atoms with Crippen molar-refractivity contribution in [1.82, 2.24) is 0 Å². The number of benzene rings is 2. The van der Waals surface area contributed by atoms with Gasteiger partial charge in [-0.15, -0.1) is 0 Å². The molecule has 0 saturated heterocycles. The minimum atomic E-state index is -4.65. The fourth-order valence-electron chi connectivity index (χ4n) is 2.49. The lowest BCUT2D eigenvalue weighted by Crippen LogP contribution is -2.44. The molecule has 1 atom stereocenters. The van der Waals surface area contributed by atoms with Crippen LogP contribution >= 0.6 is 0 Å². The molecule has 0 aliphatic carbocycles. The van der Waals surface area contributed by atoms with Gasteiger partial charge in [0.1, 0.15) is 12.0 Å². The summed E-state index contributed by atoms with van der Waals surface area (Å²) in [4.78, 5) is 23.4. The maximum atomic E-state index is 13.8. The number of likely N-dealkylation sites (N-methyl/N-ethyl adjacent to an activating group) is 1. The second-order valence-corrected chi connectivity index (χ2v) is 6.39. The third-order valence-corrected chi connectivity index (χ3v) is 4.34. The topological polar surface area (TPSA) is 46.6 Å². The lowest BCUT2D eigenvalue weighted by molar-refractivity contribution is -0.247. The van der Waals surface area contributed by atoms with E-state index >= 15 is 0 Å². The van der Waals surface area contributed by atoms with E-state index in [1.54, 1.807) is 19.1 Å². The first-order valence-electron chi connectivity index (χ1n) is 8.41. The molecule has 1 unspecified atom stereocenters. The van der Waals surface area contributed by atoms with Crippen molar-refractivity contribution in [2.75, 3.05) is 11.9 Å². The Kier molecular flexibility index (Phi) is 6.28. The molecule has 0 aliphatic heterocycles. The van der Waals surface area contributed by atoms with Crippen molar-refractivity contribution in [2.45, 2.75) is 25.6 Å². The first-order chi connectivity index (χ1) is 13.1. The van der Waals surface area contributed by atoms with Crippen molar-refractivity contribution in [2.24, 2.45) is 0 Å². The third kappa shape index (κ3) is 4.60. The highest BCUT2D eigenvalue weighted by Crippen LogP contribution is 2.42. The van der Waals surface area contributed by atoms with E-state index in [-0.39, 0.29) is 11.3 Å². The van der Waals surface area contributed by atoms with Gasteiger partial charge < -0.3 is 9.64 Å². The van der Waals surface area contributed by atoms with E-state index in [4.69, 9.17) is 4.74 Å². The Morgan fingerprint density at radius 3 is 2.11 bits per heavy atom. The van der Waals surface area contributed by atoms with Crippen LogP contribution in [0.4, 0.5) is 18.9 Å². The van der Waals surface area contributed by atoms with Crippen LogP contribution in [0.25, 0.3) is 0 Å². The Morgan fingerprint density at radius 2 is 1.61 bits per heavy atom. The van der Waals surface area contributed by atoms with Crippen molar-refractivity contribution in [1.29, 1.82) is 0 Å². The van der Waals surface area contributed by atoms with Gasteiger partial charge in [0, 0.05) is 24.4 Å². The third-order valence-electron chi connectivity index (χ3n) is 4.34. The number of rotatable bonds is 6. The smallest absolute Gasteiger partial charge is 0.432 e. The molecule has 0 fully saturated rings. The second-order valence-electron chi connectivity index (χ2n) is 6.39. The van der Waals surface area contributed by atoms with Crippen LogP contribution in [0.5, 0.6) is 5.75 Å². The summed E-state index contributed by atoms with van der Waals surface area (Å²) in [5.74, 6) is -0.436. The van der Waals surface area contributed by atoms with Gasteiger partial charge in [0.25, 0.3) is 5.91 Å². The molecule has 0 bridgehead atoms. The molecular formula is C21H20F3NO3. The second kappa shape index (κ2) is 8.29. The number of aldehydes is 1. The molecule has 2 aromatic rings. The van der Waals surface area contributed by atoms with E-state index in [0.717, 1.165) is 24.6 Å². The number of carbonyl (C=O) groups excluding carboxylic acids is 2. The highest BCUT2D eigenvalue weighted by atomic mass is 19.4. The number of ether oxygens (including phenoxy) is 1. The predicted octanol–water partition coefficient (Wildman–Crippen LogP) is 4.57. The molecule has 0 N–H and O–H groups in total. The summed E-state index contributed by atoms with van der Waals surface area (Å²) in [6.45, 7) is 2.77. The van der Waals surface area contributed by atoms with Gasteiger partial charge >= 0.3 is 6.18 Å². The van der Waals surface area contributed by atoms with Crippen LogP contribution in [-0.4, -0.2) is 25.4 Å². The van der Waals surface area contributed by atoms with Gasteiger partial charge in [-0.25, -0.2) is 0 Å². The van der Waals surface area contributed by atoms with E-state index in [2.05, 4.69) is 0 Å². The molecule has 0 spiro atoms. The molecule has 7 heteroatoms. The maximum absolute atomic E-state index is 13.8. The molecule has 2 aromatic carbocycles. The van der Waals surface area contributed by atoms with Gasteiger partial charge in [-0.05, 0) is 44.2 Å². The van der Waals surface area contributed by atoms with Gasteiger partial charge in [-0.2, -0.15) is 13.2 Å². The van der Waals surface area contributed by atoms with Gasteiger partial charge in [-0.1, -0.05) is 29.8 Å². The van der Waals surface area contributed by atoms with E-state index in [9.17, 15) is 22.8 Å². The van der Waals surface area contributed by atoms with Crippen LogP contribution in [0.1, 0.15) is 18.1 Å². The molecule has 4 nitrogen and oxygen atoms in total. The number of allylic oxidation sites excluding steroid dienone is 1. The highest BCUT2D eigenvalue weighted by molar-refractivity contribution is 6.02. The number of nitrogens with zero attached hydrogens (tertiary/aromatic N) is 1. The normalized spacial score (nSPS) is 13.8. The van der Waals surface area contributed by atoms with Crippen molar-refractivity contribution in [3.63, 3.8) is 0 Å². The lowest BCUT2D eigenvalue weighted by atomic mass is 9.94. The first-order valence-corrected chi connectivity index (χ1v) is 8.41. The Labute approximate surface area is 161 Å². The Hall–Kier alpha value is -3.09. The number of carbonyl (C=O) groups is 2. The standard InChI is InChI=1S/C21H20F3NO3/c1-15-6-8-16(9-7-15)20(2,21(22,23)24)28-18-12-10-17(11-13-18)25(3)19(27)5-4-14-26/h4-14H,1-3H3/b5-4-.